The van der Waals surface area contributed by atoms with E-state index >= 15 is 0 Å². The molecular formula is C24H32O6. The summed E-state index contributed by atoms with van der Waals surface area (Å²) in [6.07, 6.45) is 6.15. The van der Waals surface area contributed by atoms with Crippen LogP contribution in [0.15, 0.2) is 36.4 Å². The molecule has 1 aliphatic rings. The average molecular weight is 417 g/mol. The molecule has 6 nitrogen and oxygen atoms in total. The monoisotopic (exact) mass is 416 g/mol. The zero-order chi connectivity index (χ0) is 22.1. The number of carbonyl (C=O) groups is 3. The van der Waals surface area contributed by atoms with Crippen LogP contribution in [-0.2, 0) is 19.1 Å². The number of aliphatic hydroxyl groups is 1. The number of hydrogen-bond donors (Lipinski definition) is 1. The third-order valence-corrected chi connectivity index (χ3v) is 5.30. The van der Waals surface area contributed by atoms with E-state index in [0.717, 1.165) is 19.3 Å². The van der Waals surface area contributed by atoms with Gasteiger partial charge in [0.2, 0.25) is 0 Å². The number of hydrogen-bond acceptors (Lipinski definition) is 6. The fourth-order valence-corrected chi connectivity index (χ4v) is 3.88. The Morgan fingerprint density at radius 1 is 1.27 bits per heavy atom. The van der Waals surface area contributed by atoms with E-state index in [-0.39, 0.29) is 30.9 Å². The molecule has 0 spiro atoms. The summed E-state index contributed by atoms with van der Waals surface area (Å²) in [5.41, 5.74) is 1.05. The van der Waals surface area contributed by atoms with E-state index < -0.39 is 23.9 Å². The molecule has 0 aromatic heterocycles. The maximum absolute atomic E-state index is 12.6. The Morgan fingerprint density at radius 2 is 2.03 bits per heavy atom. The van der Waals surface area contributed by atoms with Crippen molar-refractivity contribution in [1.82, 2.24) is 0 Å². The van der Waals surface area contributed by atoms with E-state index in [4.69, 9.17) is 9.47 Å². The Kier molecular flexibility index (Phi) is 9.24. The van der Waals surface area contributed by atoms with Crippen molar-refractivity contribution in [3.63, 3.8) is 0 Å². The van der Waals surface area contributed by atoms with Gasteiger partial charge in [-0.2, -0.15) is 0 Å². The Morgan fingerprint density at radius 3 is 2.70 bits per heavy atom. The zero-order valence-electron chi connectivity index (χ0n) is 18.0. The zero-order valence-corrected chi connectivity index (χ0v) is 18.0. The summed E-state index contributed by atoms with van der Waals surface area (Å²) in [6, 6.07) is 6.80. The molecule has 4 atom stereocenters. The Hall–Kier alpha value is -2.47. The summed E-state index contributed by atoms with van der Waals surface area (Å²) in [7, 11) is 0. The van der Waals surface area contributed by atoms with E-state index in [2.05, 4.69) is 6.92 Å². The number of aliphatic hydroxyl groups excluding tert-OH is 1. The van der Waals surface area contributed by atoms with Crippen molar-refractivity contribution in [2.24, 2.45) is 5.92 Å². The summed E-state index contributed by atoms with van der Waals surface area (Å²) >= 11 is 0. The number of unbranched alkanes of at least 4 members (excludes halogenated alkanes) is 2. The normalized spacial score (nSPS) is 22.3. The van der Waals surface area contributed by atoms with Gasteiger partial charge in [0.25, 0.3) is 0 Å². The summed E-state index contributed by atoms with van der Waals surface area (Å²) < 4.78 is 10.4. The molecule has 0 bridgehead atoms. The second kappa shape index (κ2) is 11.6. The molecule has 2 rings (SSSR count). The van der Waals surface area contributed by atoms with Crippen LogP contribution in [0.3, 0.4) is 0 Å². The highest BCUT2D eigenvalue weighted by atomic mass is 16.5. The lowest BCUT2D eigenvalue weighted by Crippen LogP contribution is -2.19. The van der Waals surface area contributed by atoms with Crippen molar-refractivity contribution in [3.05, 3.63) is 47.5 Å². The van der Waals surface area contributed by atoms with Gasteiger partial charge in [0.05, 0.1) is 24.2 Å². The molecular weight excluding hydrogens is 384 g/mol. The second-order valence-electron chi connectivity index (χ2n) is 7.67. The van der Waals surface area contributed by atoms with Crippen molar-refractivity contribution in [2.45, 2.75) is 71.0 Å². The summed E-state index contributed by atoms with van der Waals surface area (Å²) in [6.45, 7) is 5.48. The molecule has 1 fully saturated rings. The Bertz CT molecular complexity index is 769. The maximum Gasteiger partial charge on any atom is 0.338 e. The van der Waals surface area contributed by atoms with Crippen LogP contribution in [-0.4, -0.2) is 41.6 Å². The van der Waals surface area contributed by atoms with Gasteiger partial charge in [-0.1, -0.05) is 38.0 Å². The van der Waals surface area contributed by atoms with Crippen LogP contribution in [0, 0.1) is 5.92 Å². The van der Waals surface area contributed by atoms with Crippen molar-refractivity contribution >= 4 is 17.7 Å². The molecule has 0 unspecified atom stereocenters. The van der Waals surface area contributed by atoms with Gasteiger partial charge in [-0.15, -0.1) is 0 Å². The van der Waals surface area contributed by atoms with Crippen LogP contribution in [0.5, 0.6) is 0 Å². The molecule has 1 aromatic carbocycles. The van der Waals surface area contributed by atoms with E-state index in [1.807, 2.05) is 0 Å². The minimum atomic E-state index is -0.821. The van der Waals surface area contributed by atoms with Gasteiger partial charge in [-0.25, -0.2) is 4.79 Å². The first-order chi connectivity index (χ1) is 14.4. The lowest BCUT2D eigenvalue weighted by molar-refractivity contribution is -0.144. The molecule has 0 aliphatic heterocycles. The largest absolute Gasteiger partial charge is 0.462 e. The van der Waals surface area contributed by atoms with Gasteiger partial charge in [-0.3, -0.25) is 9.59 Å². The highest BCUT2D eigenvalue weighted by Crippen LogP contribution is 2.38. The molecule has 1 aromatic rings. The number of Topliss-reactive ketones (excluding diaryl/α,β-unsaturated/α-hetero) is 1. The SMILES string of the molecule is CCCCC[C@@H](C=C[C@H]1[C@H](O)CC(=O)[C@H]1c1cccc(C(=O)OCC)c1)OC(C)=O. The first kappa shape index (κ1) is 23.8. The Balaban J connectivity index is 2.23. The van der Waals surface area contributed by atoms with Gasteiger partial charge < -0.3 is 14.6 Å². The van der Waals surface area contributed by atoms with E-state index in [1.54, 1.807) is 43.3 Å². The smallest absolute Gasteiger partial charge is 0.338 e. The maximum atomic E-state index is 12.6. The molecule has 1 N–H and O–H groups in total. The van der Waals surface area contributed by atoms with Crippen molar-refractivity contribution in [3.8, 4) is 0 Å². The fourth-order valence-electron chi connectivity index (χ4n) is 3.88. The number of ketones is 1. The van der Waals surface area contributed by atoms with Crippen LogP contribution in [0.2, 0.25) is 0 Å². The summed E-state index contributed by atoms with van der Waals surface area (Å²) in [5.74, 6) is -1.88. The topological polar surface area (TPSA) is 89.9 Å². The molecule has 1 saturated carbocycles. The van der Waals surface area contributed by atoms with Crippen LogP contribution in [0.25, 0.3) is 0 Å². The molecule has 0 heterocycles. The fraction of sp³-hybridized carbons (Fsp3) is 0.542. The minimum absolute atomic E-state index is 0.0530. The van der Waals surface area contributed by atoms with Gasteiger partial charge in [0.15, 0.2) is 0 Å². The van der Waals surface area contributed by atoms with Crippen LogP contribution < -0.4 is 0 Å². The number of benzene rings is 1. The molecule has 1 aliphatic carbocycles. The highest BCUT2D eigenvalue weighted by Gasteiger charge is 2.41. The number of rotatable bonds is 10. The van der Waals surface area contributed by atoms with E-state index in [0.29, 0.717) is 17.5 Å². The van der Waals surface area contributed by atoms with E-state index in [1.165, 1.54) is 6.92 Å². The third-order valence-electron chi connectivity index (χ3n) is 5.30. The Labute approximate surface area is 178 Å². The first-order valence-electron chi connectivity index (χ1n) is 10.7. The van der Waals surface area contributed by atoms with Gasteiger partial charge in [-0.05, 0) is 43.5 Å². The van der Waals surface area contributed by atoms with Crippen LogP contribution in [0.1, 0.15) is 74.7 Å². The van der Waals surface area contributed by atoms with Crippen LogP contribution >= 0.6 is 0 Å². The molecule has 6 heteroatoms. The molecule has 30 heavy (non-hydrogen) atoms. The molecule has 0 radical (unpaired) electrons. The number of esters is 2. The van der Waals surface area contributed by atoms with Crippen molar-refractivity contribution in [2.75, 3.05) is 6.61 Å². The quantitative estimate of drug-likeness (QED) is 0.353. The van der Waals surface area contributed by atoms with Gasteiger partial charge in [0, 0.05) is 19.3 Å². The lowest BCUT2D eigenvalue weighted by Gasteiger charge is -2.20. The second-order valence-corrected chi connectivity index (χ2v) is 7.67. The number of ether oxygens (including phenoxy) is 2. The molecule has 0 saturated heterocycles. The van der Waals surface area contributed by atoms with Crippen molar-refractivity contribution in [1.29, 1.82) is 0 Å². The highest BCUT2D eigenvalue weighted by molar-refractivity contribution is 5.92. The average Bonchev–Trinajstić information content (AvgIpc) is 2.99. The minimum Gasteiger partial charge on any atom is -0.462 e. The van der Waals surface area contributed by atoms with E-state index in [9.17, 15) is 19.5 Å². The van der Waals surface area contributed by atoms with Crippen LogP contribution in [0.4, 0.5) is 0 Å². The summed E-state index contributed by atoms with van der Waals surface area (Å²) in [5, 5.41) is 10.5. The molecule has 164 valence electrons. The van der Waals surface area contributed by atoms with Gasteiger partial charge in [0.1, 0.15) is 11.9 Å². The molecule has 0 amide bonds. The van der Waals surface area contributed by atoms with Gasteiger partial charge >= 0.3 is 11.9 Å². The summed E-state index contributed by atoms with van der Waals surface area (Å²) in [4.78, 5) is 36.1. The first-order valence-corrected chi connectivity index (χ1v) is 10.7. The predicted molar refractivity (Wildman–Crippen MR) is 113 cm³/mol. The third kappa shape index (κ3) is 6.52. The number of carbonyl (C=O) groups excluding carboxylic acids is 3. The predicted octanol–water partition coefficient (Wildman–Crippen LogP) is 3.97. The standard InChI is InChI=1S/C24H32O6/c1-4-6-7-11-19(30-16(3)25)12-13-20-21(26)15-22(27)23(20)17-9-8-10-18(14-17)24(28)29-5-2/h8-10,12-14,19-21,23,26H,4-7,11,15H2,1-3H3/t19-,20-,21+,23-/m0/s1. The lowest BCUT2D eigenvalue weighted by atomic mass is 9.86. The van der Waals surface area contributed by atoms with Crippen molar-refractivity contribution < 1.29 is 29.0 Å².